The second-order valence-corrected chi connectivity index (χ2v) is 2.91. The molecule has 0 rings (SSSR count). The Morgan fingerprint density at radius 2 is 1.75 bits per heavy atom. The number of rotatable bonds is 5. The van der Waals surface area contributed by atoms with Crippen molar-refractivity contribution in [2.75, 3.05) is 14.2 Å². The highest BCUT2D eigenvalue weighted by molar-refractivity contribution is 5.92. The number of aliphatic carboxylic acids is 1. The maximum Gasteiger partial charge on any atom is 0.341 e. The van der Waals surface area contributed by atoms with E-state index in [1.165, 1.54) is 0 Å². The van der Waals surface area contributed by atoms with E-state index in [-0.39, 0.29) is 0 Å². The molecule has 0 bridgehead atoms. The van der Waals surface area contributed by atoms with Gasteiger partial charge in [-0.1, -0.05) is 0 Å². The van der Waals surface area contributed by atoms with Crippen molar-refractivity contribution in [2.24, 2.45) is 0 Å². The summed E-state index contributed by atoms with van der Waals surface area (Å²) in [4.78, 5) is 32.5. The summed E-state index contributed by atoms with van der Waals surface area (Å²) in [6, 6.07) is 0. The number of aliphatic hydroxyl groups is 2. The molecular formula is C8H12O8. The first-order valence-electron chi connectivity index (χ1n) is 4.08. The minimum absolute atomic E-state index is 0.874. The van der Waals surface area contributed by atoms with Gasteiger partial charge in [-0.25, -0.2) is 9.59 Å². The lowest BCUT2D eigenvalue weighted by Gasteiger charge is -2.26. The number of hydrogen-bond acceptors (Lipinski definition) is 7. The molecule has 0 aliphatic carbocycles. The highest BCUT2D eigenvalue weighted by Crippen LogP contribution is 2.19. The van der Waals surface area contributed by atoms with Crippen LogP contribution >= 0.6 is 0 Å². The number of ether oxygens (including phenoxy) is 2. The molecule has 0 aromatic heterocycles. The third-order valence-corrected chi connectivity index (χ3v) is 1.87. The Hall–Kier alpha value is -1.67. The van der Waals surface area contributed by atoms with E-state index in [1.54, 1.807) is 0 Å². The van der Waals surface area contributed by atoms with E-state index in [4.69, 9.17) is 10.2 Å². The number of esters is 2. The molecule has 92 valence electrons. The van der Waals surface area contributed by atoms with Gasteiger partial charge in [-0.05, 0) is 0 Å². The quantitative estimate of drug-likeness (QED) is 0.462. The summed E-state index contributed by atoms with van der Waals surface area (Å²) in [5.74, 6) is -4.36. The van der Waals surface area contributed by atoms with Gasteiger partial charge in [0.05, 0.1) is 20.6 Å². The Kier molecular flexibility index (Phi) is 4.86. The van der Waals surface area contributed by atoms with Crippen molar-refractivity contribution >= 4 is 17.9 Å². The van der Waals surface area contributed by atoms with E-state index < -0.39 is 36.0 Å². The summed E-state index contributed by atoms with van der Waals surface area (Å²) < 4.78 is 8.27. The zero-order chi connectivity index (χ0) is 12.9. The van der Waals surface area contributed by atoms with E-state index in [0.29, 0.717) is 0 Å². The maximum absolute atomic E-state index is 11.1. The van der Waals surface area contributed by atoms with Crippen molar-refractivity contribution in [3.63, 3.8) is 0 Å². The molecule has 0 heterocycles. The molecule has 0 aliphatic rings. The molecule has 16 heavy (non-hydrogen) atoms. The average Bonchev–Trinajstić information content (AvgIpc) is 2.25. The molecule has 0 aromatic carbocycles. The first-order valence-corrected chi connectivity index (χ1v) is 4.08. The number of methoxy groups -OCH3 is 2. The first-order chi connectivity index (χ1) is 7.29. The molecule has 0 saturated carbocycles. The zero-order valence-electron chi connectivity index (χ0n) is 8.67. The normalized spacial score (nSPS) is 15.8. The van der Waals surface area contributed by atoms with Gasteiger partial charge in [0.15, 0.2) is 6.10 Å². The lowest BCUT2D eigenvalue weighted by Crippen LogP contribution is -2.55. The fourth-order valence-corrected chi connectivity index (χ4v) is 0.954. The van der Waals surface area contributed by atoms with E-state index in [2.05, 4.69) is 9.47 Å². The second kappa shape index (κ2) is 5.42. The van der Waals surface area contributed by atoms with Crippen LogP contribution in [-0.4, -0.2) is 59.2 Å². The molecule has 0 aliphatic heterocycles. The Morgan fingerprint density at radius 3 is 2.06 bits per heavy atom. The van der Waals surface area contributed by atoms with Gasteiger partial charge in [0.2, 0.25) is 5.60 Å². The molecular weight excluding hydrogens is 224 g/mol. The summed E-state index contributed by atoms with van der Waals surface area (Å²) in [6.45, 7) is 0. The van der Waals surface area contributed by atoms with Gasteiger partial charge in [0.1, 0.15) is 0 Å². The molecule has 0 amide bonds. The molecule has 8 nitrogen and oxygen atoms in total. The van der Waals surface area contributed by atoms with E-state index in [1.807, 2.05) is 0 Å². The summed E-state index contributed by atoms with van der Waals surface area (Å²) in [6.07, 6.45) is -3.51. The molecule has 0 spiro atoms. The van der Waals surface area contributed by atoms with Crippen LogP contribution in [0.4, 0.5) is 0 Å². The fourth-order valence-electron chi connectivity index (χ4n) is 0.954. The molecule has 0 saturated heterocycles. The minimum Gasteiger partial charge on any atom is -0.479 e. The van der Waals surface area contributed by atoms with Gasteiger partial charge in [0, 0.05) is 0 Å². The second-order valence-electron chi connectivity index (χ2n) is 2.91. The molecule has 2 atom stereocenters. The topological polar surface area (TPSA) is 130 Å². The third kappa shape index (κ3) is 2.91. The van der Waals surface area contributed by atoms with Crippen LogP contribution in [0.5, 0.6) is 0 Å². The highest BCUT2D eigenvalue weighted by atomic mass is 16.6. The number of hydrogen-bond donors (Lipinski definition) is 3. The van der Waals surface area contributed by atoms with Gasteiger partial charge < -0.3 is 24.8 Å². The van der Waals surface area contributed by atoms with Gasteiger partial charge >= 0.3 is 17.9 Å². The van der Waals surface area contributed by atoms with Crippen molar-refractivity contribution in [3.8, 4) is 0 Å². The van der Waals surface area contributed by atoms with Crippen molar-refractivity contribution < 1.29 is 39.2 Å². The zero-order valence-corrected chi connectivity index (χ0v) is 8.67. The maximum atomic E-state index is 11.1. The lowest BCUT2D eigenvalue weighted by molar-refractivity contribution is -0.190. The van der Waals surface area contributed by atoms with Crippen LogP contribution in [0.2, 0.25) is 0 Å². The monoisotopic (exact) mass is 236 g/mol. The summed E-state index contributed by atoms with van der Waals surface area (Å²) in [5.41, 5.74) is -2.87. The summed E-state index contributed by atoms with van der Waals surface area (Å²) in [5, 5.41) is 27.2. The van der Waals surface area contributed by atoms with Crippen molar-refractivity contribution in [1.82, 2.24) is 0 Å². The predicted octanol–water partition coefficient (Wildman–Crippen LogP) is -2.10. The van der Waals surface area contributed by atoms with Gasteiger partial charge in [-0.3, -0.25) is 4.79 Å². The van der Waals surface area contributed by atoms with E-state index in [0.717, 1.165) is 14.2 Å². The van der Waals surface area contributed by atoms with Gasteiger partial charge in [-0.2, -0.15) is 0 Å². The smallest absolute Gasteiger partial charge is 0.341 e. The van der Waals surface area contributed by atoms with Crippen molar-refractivity contribution in [2.45, 2.75) is 18.1 Å². The van der Waals surface area contributed by atoms with E-state index >= 15 is 0 Å². The summed E-state index contributed by atoms with van der Waals surface area (Å²) >= 11 is 0. The van der Waals surface area contributed by atoms with Crippen LogP contribution in [0.15, 0.2) is 0 Å². The standard InChI is InChI=1S/C8H12O8/c1-15-4(9)3-8(14,7(13)16-2)5(10)6(11)12/h5,10,14H,3H2,1-2H3,(H,11,12)/t5-,8-/m1/s1. The number of carbonyl (C=O) groups is 3. The molecule has 0 fully saturated rings. The number of carbonyl (C=O) groups excluding carboxylic acids is 2. The van der Waals surface area contributed by atoms with E-state index in [9.17, 15) is 19.5 Å². The molecule has 0 radical (unpaired) electrons. The average molecular weight is 236 g/mol. The van der Waals surface area contributed by atoms with Gasteiger partial charge in [0.25, 0.3) is 0 Å². The predicted molar refractivity (Wildman–Crippen MR) is 47.2 cm³/mol. The Morgan fingerprint density at radius 1 is 1.25 bits per heavy atom. The number of carboxylic acids is 1. The SMILES string of the molecule is COC(=O)C[C@](O)(C(=O)OC)[C@H](O)C(=O)O. The highest BCUT2D eigenvalue weighted by Gasteiger charge is 2.50. The lowest BCUT2D eigenvalue weighted by atomic mass is 9.93. The number of aliphatic hydroxyl groups excluding tert-OH is 1. The van der Waals surface area contributed by atoms with Gasteiger partial charge in [-0.15, -0.1) is 0 Å². The van der Waals surface area contributed by atoms with Crippen LogP contribution in [-0.2, 0) is 23.9 Å². The van der Waals surface area contributed by atoms with Crippen LogP contribution in [0.25, 0.3) is 0 Å². The van der Waals surface area contributed by atoms with Crippen molar-refractivity contribution in [3.05, 3.63) is 0 Å². The van der Waals surface area contributed by atoms with Crippen LogP contribution in [0, 0.1) is 0 Å². The molecule has 0 unspecified atom stereocenters. The molecule has 0 aromatic rings. The fraction of sp³-hybridized carbons (Fsp3) is 0.625. The summed E-state index contributed by atoms with van der Waals surface area (Å²) in [7, 11) is 1.85. The minimum atomic E-state index is -2.87. The van der Waals surface area contributed by atoms with Crippen molar-refractivity contribution in [1.29, 1.82) is 0 Å². The molecule has 8 heteroatoms. The Balaban J connectivity index is 5.10. The third-order valence-electron chi connectivity index (χ3n) is 1.87. The Bertz CT molecular complexity index is 298. The molecule has 3 N–H and O–H groups in total. The number of carboxylic acid groups (broad SMARTS) is 1. The Labute approximate surface area is 90.4 Å². The first kappa shape index (κ1) is 14.3. The largest absolute Gasteiger partial charge is 0.479 e. The van der Waals surface area contributed by atoms with Crippen LogP contribution in [0.3, 0.4) is 0 Å². The van der Waals surface area contributed by atoms with Crippen LogP contribution in [0.1, 0.15) is 6.42 Å². The van der Waals surface area contributed by atoms with Crippen LogP contribution < -0.4 is 0 Å².